The van der Waals surface area contributed by atoms with Crippen LogP contribution in [0.4, 0.5) is 0 Å². The van der Waals surface area contributed by atoms with Gasteiger partial charge in [-0.15, -0.1) is 37.2 Å². The second-order valence-electron chi connectivity index (χ2n) is 7.01. The molecule has 0 radical (unpaired) electrons. The first-order chi connectivity index (χ1) is 15.2. The number of carbonyl (C=O) groups excluding carboxylic acids is 2. The van der Waals surface area contributed by atoms with Crippen LogP contribution in [0.15, 0.2) is 73.3 Å². The van der Waals surface area contributed by atoms with E-state index >= 15 is 0 Å². The Balaban J connectivity index is 0.00000363. The molecule has 10 heteroatoms. The van der Waals surface area contributed by atoms with Gasteiger partial charge in [0.15, 0.2) is 0 Å². The highest BCUT2D eigenvalue weighted by atomic mass is 35.5. The molecule has 2 heterocycles. The molecule has 0 saturated carbocycles. The van der Waals surface area contributed by atoms with Crippen molar-refractivity contribution in [3.63, 3.8) is 0 Å². The Labute approximate surface area is 218 Å². The Kier molecular flexibility index (Phi) is 15.5. The molecule has 2 aromatic heterocycles. The van der Waals surface area contributed by atoms with Gasteiger partial charge in [0.25, 0.3) is 0 Å². The van der Waals surface area contributed by atoms with Gasteiger partial charge in [-0.05, 0) is 65.9 Å². The number of pyridine rings is 2. The Hall–Kier alpha value is -2.71. The van der Waals surface area contributed by atoms with Crippen molar-refractivity contribution in [1.82, 2.24) is 20.6 Å². The van der Waals surface area contributed by atoms with Crippen LogP contribution in [0.5, 0.6) is 0 Å². The predicted molar refractivity (Wildman–Crippen MR) is 139 cm³/mol. The standard InChI is InChI=1S/C24H26N4O3.3ClH/c1-31-24(30)21-4-2-3-20(17-21)22(27-15-9-18-5-11-25-12-6-18)23(29)28-16-10-19-7-13-26-14-8-19;;;/h2-8,11-14,17,22,27H,9-10,15-16H2,1H3,(H,28,29);3*1H. The van der Waals surface area contributed by atoms with Gasteiger partial charge in [0.1, 0.15) is 6.04 Å². The highest BCUT2D eigenvalue weighted by Crippen LogP contribution is 2.16. The number of ether oxygens (including phenoxy) is 1. The number of hydrogen-bond donors (Lipinski definition) is 2. The summed E-state index contributed by atoms with van der Waals surface area (Å²) in [5.74, 6) is -0.582. The van der Waals surface area contributed by atoms with Crippen molar-refractivity contribution in [2.24, 2.45) is 0 Å². The van der Waals surface area contributed by atoms with Gasteiger partial charge in [-0.1, -0.05) is 12.1 Å². The molecule has 0 fully saturated rings. The Bertz CT molecular complexity index is 995. The number of rotatable bonds is 10. The molecule has 0 aliphatic rings. The van der Waals surface area contributed by atoms with E-state index in [9.17, 15) is 9.59 Å². The van der Waals surface area contributed by atoms with E-state index in [1.165, 1.54) is 7.11 Å². The van der Waals surface area contributed by atoms with Crippen molar-refractivity contribution in [1.29, 1.82) is 0 Å². The Morgan fingerprint density at radius 2 is 1.41 bits per heavy atom. The summed E-state index contributed by atoms with van der Waals surface area (Å²) in [5.41, 5.74) is 3.34. The van der Waals surface area contributed by atoms with Crippen LogP contribution < -0.4 is 10.6 Å². The minimum Gasteiger partial charge on any atom is -0.465 e. The number of benzene rings is 1. The number of esters is 1. The third kappa shape index (κ3) is 9.65. The number of methoxy groups -OCH3 is 1. The lowest BCUT2D eigenvalue weighted by Crippen LogP contribution is -2.39. The molecule has 2 N–H and O–H groups in total. The zero-order valence-corrected chi connectivity index (χ0v) is 21.1. The monoisotopic (exact) mass is 526 g/mol. The number of hydrogen-bond acceptors (Lipinski definition) is 6. The molecule has 3 aromatic rings. The first-order valence-corrected chi connectivity index (χ1v) is 10.1. The largest absolute Gasteiger partial charge is 0.465 e. The summed E-state index contributed by atoms with van der Waals surface area (Å²) in [5, 5.41) is 6.32. The fraction of sp³-hybridized carbons (Fsp3) is 0.250. The average molecular weight is 528 g/mol. The molecule has 0 aliphatic carbocycles. The summed E-state index contributed by atoms with van der Waals surface area (Å²) in [4.78, 5) is 33.0. The predicted octanol–water partition coefficient (Wildman–Crippen LogP) is 3.76. The molecule has 1 atom stereocenters. The molecule has 0 spiro atoms. The summed E-state index contributed by atoms with van der Waals surface area (Å²) in [6, 6.07) is 14.1. The molecule has 184 valence electrons. The maximum absolute atomic E-state index is 13.0. The van der Waals surface area contributed by atoms with Gasteiger partial charge in [-0.2, -0.15) is 0 Å². The second-order valence-corrected chi connectivity index (χ2v) is 7.01. The third-order valence-corrected chi connectivity index (χ3v) is 4.88. The van der Waals surface area contributed by atoms with E-state index in [0.29, 0.717) is 30.6 Å². The third-order valence-electron chi connectivity index (χ3n) is 4.88. The molecule has 1 unspecified atom stereocenters. The van der Waals surface area contributed by atoms with E-state index in [2.05, 4.69) is 20.6 Å². The Morgan fingerprint density at radius 1 is 0.853 bits per heavy atom. The van der Waals surface area contributed by atoms with Crippen molar-refractivity contribution < 1.29 is 14.3 Å². The lowest BCUT2D eigenvalue weighted by Gasteiger charge is -2.19. The van der Waals surface area contributed by atoms with E-state index in [0.717, 1.165) is 17.5 Å². The summed E-state index contributed by atoms with van der Waals surface area (Å²) in [6.07, 6.45) is 8.43. The molecule has 1 aromatic carbocycles. The quantitative estimate of drug-likeness (QED) is 0.390. The molecule has 0 saturated heterocycles. The van der Waals surface area contributed by atoms with Crippen LogP contribution in [0.2, 0.25) is 0 Å². The van der Waals surface area contributed by atoms with Crippen LogP contribution in [-0.4, -0.2) is 42.0 Å². The number of aromatic nitrogens is 2. The Morgan fingerprint density at radius 3 is 1.97 bits per heavy atom. The van der Waals surface area contributed by atoms with Crippen molar-refractivity contribution in [3.05, 3.63) is 95.6 Å². The number of amides is 1. The molecular weight excluding hydrogens is 499 g/mol. The van der Waals surface area contributed by atoms with E-state index in [1.54, 1.807) is 43.0 Å². The number of carbonyl (C=O) groups is 2. The highest BCUT2D eigenvalue weighted by Gasteiger charge is 2.21. The minimum absolute atomic E-state index is 0. The van der Waals surface area contributed by atoms with Crippen molar-refractivity contribution in [2.45, 2.75) is 18.9 Å². The number of nitrogens with one attached hydrogen (secondary N) is 2. The number of halogens is 3. The van der Waals surface area contributed by atoms with Crippen molar-refractivity contribution in [3.8, 4) is 0 Å². The van der Waals surface area contributed by atoms with Crippen LogP contribution in [-0.2, 0) is 22.4 Å². The van der Waals surface area contributed by atoms with Crippen molar-refractivity contribution >= 4 is 49.1 Å². The maximum atomic E-state index is 13.0. The van der Waals surface area contributed by atoms with Crippen molar-refractivity contribution in [2.75, 3.05) is 20.2 Å². The van der Waals surface area contributed by atoms with Gasteiger partial charge < -0.3 is 15.4 Å². The SMILES string of the molecule is COC(=O)c1cccc(C(NCCc2ccncc2)C(=O)NCCc2ccncc2)c1.Cl.Cl.Cl. The first-order valence-electron chi connectivity index (χ1n) is 10.1. The first kappa shape index (κ1) is 31.3. The van der Waals surface area contributed by atoms with E-state index in [1.807, 2.05) is 30.3 Å². The van der Waals surface area contributed by atoms with E-state index in [4.69, 9.17) is 4.74 Å². The fourth-order valence-corrected chi connectivity index (χ4v) is 3.22. The van der Waals surface area contributed by atoms with Crippen LogP contribution in [0.3, 0.4) is 0 Å². The van der Waals surface area contributed by atoms with Gasteiger partial charge in [0, 0.05) is 37.9 Å². The minimum atomic E-state index is -0.594. The smallest absolute Gasteiger partial charge is 0.337 e. The van der Waals surface area contributed by atoms with E-state index < -0.39 is 12.0 Å². The fourth-order valence-electron chi connectivity index (χ4n) is 3.22. The number of nitrogens with zero attached hydrogens (tertiary/aromatic N) is 2. The van der Waals surface area contributed by atoms with Crippen LogP contribution in [0.1, 0.15) is 33.1 Å². The molecule has 7 nitrogen and oxygen atoms in total. The lowest BCUT2D eigenvalue weighted by molar-refractivity contribution is -0.123. The maximum Gasteiger partial charge on any atom is 0.337 e. The molecule has 3 rings (SSSR count). The summed E-state index contributed by atoms with van der Waals surface area (Å²) in [6.45, 7) is 1.09. The molecule has 0 bridgehead atoms. The second kappa shape index (κ2) is 16.8. The van der Waals surface area contributed by atoms with Gasteiger partial charge >= 0.3 is 5.97 Å². The zero-order chi connectivity index (χ0) is 21.9. The molecule has 0 aliphatic heterocycles. The average Bonchev–Trinajstić information content (AvgIpc) is 2.82. The molecule has 34 heavy (non-hydrogen) atoms. The van der Waals surface area contributed by atoms with Crippen LogP contribution in [0, 0.1) is 0 Å². The van der Waals surface area contributed by atoms with Gasteiger partial charge in [0.2, 0.25) is 5.91 Å². The summed E-state index contributed by atoms with van der Waals surface area (Å²) >= 11 is 0. The van der Waals surface area contributed by atoms with Gasteiger partial charge in [0.05, 0.1) is 12.7 Å². The van der Waals surface area contributed by atoms with Gasteiger partial charge in [-0.25, -0.2) is 4.79 Å². The molecular formula is C24H29Cl3N4O3. The van der Waals surface area contributed by atoms with Crippen LogP contribution >= 0.6 is 37.2 Å². The topological polar surface area (TPSA) is 93.2 Å². The van der Waals surface area contributed by atoms with Gasteiger partial charge in [-0.3, -0.25) is 14.8 Å². The lowest BCUT2D eigenvalue weighted by atomic mass is 10.0. The summed E-state index contributed by atoms with van der Waals surface area (Å²) < 4.78 is 4.81. The highest BCUT2D eigenvalue weighted by molar-refractivity contribution is 5.90. The molecule has 1 amide bonds. The van der Waals surface area contributed by atoms with E-state index in [-0.39, 0.29) is 43.1 Å². The van der Waals surface area contributed by atoms with Crippen LogP contribution in [0.25, 0.3) is 0 Å². The summed E-state index contributed by atoms with van der Waals surface area (Å²) in [7, 11) is 1.34. The zero-order valence-electron chi connectivity index (χ0n) is 18.7. The normalized spacial score (nSPS) is 10.5.